The van der Waals surface area contributed by atoms with Gasteiger partial charge in [-0.05, 0) is 25.1 Å². The van der Waals surface area contributed by atoms with Crippen molar-refractivity contribution in [2.45, 2.75) is 6.42 Å². The molecule has 6 heteroatoms. The molecule has 0 saturated carbocycles. The summed E-state index contributed by atoms with van der Waals surface area (Å²) in [5.41, 5.74) is 0.0262. The molecule has 0 aliphatic carbocycles. The highest BCUT2D eigenvalue weighted by molar-refractivity contribution is 5.93. The second-order valence-electron chi connectivity index (χ2n) is 3.80. The maximum absolute atomic E-state index is 13.2. The maximum atomic E-state index is 13.2. The SMILES string of the molecule is Cl.O=C(Nc1ccc(F)cc1F)[C@H]1CCNC1. The molecule has 1 atom stereocenters. The molecule has 1 saturated heterocycles. The number of carbonyl (C=O) groups is 1. The molecule has 0 spiro atoms. The first-order valence-electron chi connectivity index (χ1n) is 5.13. The third-order valence-corrected chi connectivity index (χ3v) is 2.62. The lowest BCUT2D eigenvalue weighted by Crippen LogP contribution is -2.25. The van der Waals surface area contributed by atoms with Gasteiger partial charge in [-0.25, -0.2) is 8.78 Å². The van der Waals surface area contributed by atoms with E-state index >= 15 is 0 Å². The van der Waals surface area contributed by atoms with Crippen molar-refractivity contribution in [3.63, 3.8) is 0 Å². The van der Waals surface area contributed by atoms with E-state index in [0.717, 1.165) is 25.1 Å². The van der Waals surface area contributed by atoms with E-state index in [-0.39, 0.29) is 29.9 Å². The third-order valence-electron chi connectivity index (χ3n) is 2.62. The summed E-state index contributed by atoms with van der Waals surface area (Å²) in [6.45, 7) is 1.40. The molecule has 1 heterocycles. The van der Waals surface area contributed by atoms with Gasteiger partial charge >= 0.3 is 0 Å². The van der Waals surface area contributed by atoms with E-state index in [0.29, 0.717) is 6.54 Å². The first-order valence-corrected chi connectivity index (χ1v) is 5.13. The number of nitrogens with one attached hydrogen (secondary N) is 2. The minimum absolute atomic E-state index is 0. The number of benzene rings is 1. The Morgan fingerprint density at radius 1 is 1.41 bits per heavy atom. The fourth-order valence-electron chi connectivity index (χ4n) is 1.70. The Labute approximate surface area is 104 Å². The van der Waals surface area contributed by atoms with Crippen LogP contribution in [0.4, 0.5) is 14.5 Å². The molecule has 1 aromatic carbocycles. The smallest absolute Gasteiger partial charge is 0.228 e. The van der Waals surface area contributed by atoms with Crippen molar-refractivity contribution >= 4 is 24.0 Å². The van der Waals surface area contributed by atoms with Crippen LogP contribution in [0, 0.1) is 17.6 Å². The van der Waals surface area contributed by atoms with Crippen molar-refractivity contribution in [1.82, 2.24) is 5.32 Å². The quantitative estimate of drug-likeness (QED) is 0.855. The van der Waals surface area contributed by atoms with E-state index in [2.05, 4.69) is 10.6 Å². The van der Waals surface area contributed by atoms with Crippen LogP contribution in [-0.2, 0) is 4.79 Å². The largest absolute Gasteiger partial charge is 0.323 e. The molecule has 1 amide bonds. The molecule has 0 bridgehead atoms. The second-order valence-corrected chi connectivity index (χ2v) is 3.80. The van der Waals surface area contributed by atoms with Crippen molar-refractivity contribution in [3.05, 3.63) is 29.8 Å². The molecular weight excluding hydrogens is 250 g/mol. The summed E-state index contributed by atoms with van der Waals surface area (Å²) in [7, 11) is 0. The third kappa shape index (κ3) is 3.38. The fourth-order valence-corrected chi connectivity index (χ4v) is 1.70. The monoisotopic (exact) mass is 262 g/mol. The van der Waals surface area contributed by atoms with Gasteiger partial charge in [0.15, 0.2) is 0 Å². The predicted molar refractivity (Wildman–Crippen MR) is 63.2 cm³/mol. The zero-order valence-electron chi connectivity index (χ0n) is 9.00. The van der Waals surface area contributed by atoms with Crippen LogP contribution in [0.2, 0.25) is 0 Å². The molecule has 1 aliphatic heterocycles. The van der Waals surface area contributed by atoms with Crippen LogP contribution in [0.3, 0.4) is 0 Å². The Morgan fingerprint density at radius 3 is 2.76 bits per heavy atom. The molecule has 0 radical (unpaired) electrons. The highest BCUT2D eigenvalue weighted by Gasteiger charge is 2.22. The van der Waals surface area contributed by atoms with Crippen LogP contribution >= 0.6 is 12.4 Å². The minimum Gasteiger partial charge on any atom is -0.323 e. The molecule has 1 aromatic rings. The highest BCUT2D eigenvalue weighted by atomic mass is 35.5. The van der Waals surface area contributed by atoms with Crippen molar-refractivity contribution in [1.29, 1.82) is 0 Å². The van der Waals surface area contributed by atoms with E-state index in [1.807, 2.05) is 0 Å². The van der Waals surface area contributed by atoms with Crippen molar-refractivity contribution in [2.75, 3.05) is 18.4 Å². The van der Waals surface area contributed by atoms with Crippen LogP contribution in [0.15, 0.2) is 18.2 Å². The van der Waals surface area contributed by atoms with Gasteiger partial charge in [0.05, 0.1) is 11.6 Å². The zero-order chi connectivity index (χ0) is 11.5. The number of anilines is 1. The summed E-state index contributed by atoms with van der Waals surface area (Å²) in [5, 5.41) is 5.51. The average molecular weight is 263 g/mol. The van der Waals surface area contributed by atoms with Gasteiger partial charge in [-0.15, -0.1) is 12.4 Å². The van der Waals surface area contributed by atoms with Crippen molar-refractivity contribution in [2.24, 2.45) is 5.92 Å². The summed E-state index contributed by atoms with van der Waals surface area (Å²) in [6.07, 6.45) is 0.745. The Kier molecular flexibility index (Phi) is 4.84. The molecular formula is C11H13ClF2N2O. The first-order chi connectivity index (χ1) is 7.66. The standard InChI is InChI=1S/C11H12F2N2O.ClH/c12-8-1-2-10(9(13)5-8)15-11(16)7-3-4-14-6-7;/h1-2,5,7,14H,3-4,6H2,(H,15,16);1H/t7-;/m0./s1. The zero-order valence-corrected chi connectivity index (χ0v) is 9.82. The normalized spacial score (nSPS) is 18.6. The molecule has 2 N–H and O–H groups in total. The Morgan fingerprint density at radius 2 is 2.18 bits per heavy atom. The van der Waals surface area contributed by atoms with Gasteiger partial charge in [-0.1, -0.05) is 0 Å². The van der Waals surface area contributed by atoms with Gasteiger partial charge in [-0.3, -0.25) is 4.79 Å². The van der Waals surface area contributed by atoms with Crippen molar-refractivity contribution in [3.8, 4) is 0 Å². The Balaban J connectivity index is 0.00000144. The number of hydrogen-bond donors (Lipinski definition) is 2. The van der Waals surface area contributed by atoms with E-state index in [1.165, 1.54) is 6.07 Å². The summed E-state index contributed by atoms with van der Waals surface area (Å²) >= 11 is 0. The van der Waals surface area contributed by atoms with Crippen molar-refractivity contribution < 1.29 is 13.6 Å². The molecule has 3 nitrogen and oxygen atoms in total. The summed E-state index contributed by atoms with van der Waals surface area (Å²) < 4.78 is 25.9. The molecule has 1 fully saturated rings. The van der Waals surface area contributed by atoms with Crippen LogP contribution in [-0.4, -0.2) is 19.0 Å². The maximum Gasteiger partial charge on any atom is 0.228 e. The fraction of sp³-hybridized carbons (Fsp3) is 0.364. The molecule has 2 rings (SSSR count). The lowest BCUT2D eigenvalue weighted by molar-refractivity contribution is -0.119. The summed E-state index contributed by atoms with van der Waals surface area (Å²) in [5.74, 6) is -1.77. The first kappa shape index (κ1) is 13.9. The number of hydrogen-bond acceptors (Lipinski definition) is 2. The number of amides is 1. The topological polar surface area (TPSA) is 41.1 Å². The number of rotatable bonds is 2. The van der Waals surface area contributed by atoms with Crippen LogP contribution in [0.5, 0.6) is 0 Å². The lowest BCUT2D eigenvalue weighted by Gasteiger charge is -2.10. The van der Waals surface area contributed by atoms with Gasteiger partial charge in [0.2, 0.25) is 5.91 Å². The number of carbonyl (C=O) groups excluding carboxylic acids is 1. The molecule has 0 unspecified atom stereocenters. The molecule has 1 aliphatic rings. The van der Waals surface area contributed by atoms with E-state index in [9.17, 15) is 13.6 Å². The Hall–Kier alpha value is -1.20. The van der Waals surface area contributed by atoms with Crippen LogP contribution in [0.25, 0.3) is 0 Å². The van der Waals surface area contributed by atoms with Gasteiger partial charge < -0.3 is 10.6 Å². The molecule has 94 valence electrons. The van der Waals surface area contributed by atoms with Gasteiger partial charge in [-0.2, -0.15) is 0 Å². The summed E-state index contributed by atoms with van der Waals surface area (Å²) in [4.78, 5) is 11.6. The van der Waals surface area contributed by atoms with E-state index in [1.54, 1.807) is 0 Å². The van der Waals surface area contributed by atoms with Gasteiger partial charge in [0.25, 0.3) is 0 Å². The second kappa shape index (κ2) is 5.93. The van der Waals surface area contributed by atoms with Gasteiger partial charge in [0.1, 0.15) is 11.6 Å². The average Bonchev–Trinajstić information content (AvgIpc) is 2.75. The molecule has 0 aromatic heterocycles. The minimum atomic E-state index is -0.751. The van der Waals surface area contributed by atoms with Crippen LogP contribution in [0.1, 0.15) is 6.42 Å². The molecule has 17 heavy (non-hydrogen) atoms. The van der Waals surface area contributed by atoms with Gasteiger partial charge in [0, 0.05) is 12.6 Å². The lowest BCUT2D eigenvalue weighted by atomic mass is 10.1. The van der Waals surface area contributed by atoms with E-state index in [4.69, 9.17) is 0 Å². The predicted octanol–water partition coefficient (Wildman–Crippen LogP) is 1.93. The highest BCUT2D eigenvalue weighted by Crippen LogP contribution is 2.17. The van der Waals surface area contributed by atoms with E-state index < -0.39 is 11.6 Å². The van der Waals surface area contributed by atoms with Crippen LogP contribution < -0.4 is 10.6 Å². The summed E-state index contributed by atoms with van der Waals surface area (Å²) in [6, 6.07) is 3.10. The number of halogens is 3. The Bertz CT molecular complexity index is 408.